The second-order valence-corrected chi connectivity index (χ2v) is 2.02. The van der Waals surface area contributed by atoms with Crippen LogP contribution in [0.25, 0.3) is 0 Å². The van der Waals surface area contributed by atoms with Gasteiger partial charge in [0.15, 0.2) is 0 Å². The standard InChI is InChI=1S/C5H7NO2.ClH/c1-3-2-4(7)6-5(3)8;/h3H,2H2,1H3,(H,6,7,8);1H. The first kappa shape index (κ1) is 8.43. The van der Waals surface area contributed by atoms with Gasteiger partial charge >= 0.3 is 0 Å². The lowest BCUT2D eigenvalue weighted by molar-refractivity contribution is -0.125. The number of halogens is 1. The summed E-state index contributed by atoms with van der Waals surface area (Å²) in [4.78, 5) is 20.8. The van der Waals surface area contributed by atoms with Crippen LogP contribution >= 0.6 is 12.4 Å². The van der Waals surface area contributed by atoms with Gasteiger partial charge in [-0.2, -0.15) is 0 Å². The predicted octanol–water partition coefficient (Wildman–Crippen LogP) is 0.0908. The monoisotopic (exact) mass is 149 g/mol. The molecule has 4 heteroatoms. The number of carbonyl (C=O) groups excluding carboxylic acids is 2. The van der Waals surface area contributed by atoms with Crippen LogP contribution < -0.4 is 5.32 Å². The van der Waals surface area contributed by atoms with Gasteiger partial charge in [0.25, 0.3) is 0 Å². The van der Waals surface area contributed by atoms with Crippen LogP contribution in [0.3, 0.4) is 0 Å². The van der Waals surface area contributed by atoms with E-state index in [2.05, 4.69) is 5.32 Å². The molecule has 1 aliphatic heterocycles. The van der Waals surface area contributed by atoms with Gasteiger partial charge in [0.2, 0.25) is 11.8 Å². The normalized spacial score (nSPS) is 25.2. The molecule has 0 spiro atoms. The zero-order valence-corrected chi connectivity index (χ0v) is 5.83. The average Bonchev–Trinajstić information content (AvgIpc) is 1.85. The molecular weight excluding hydrogens is 142 g/mol. The lowest BCUT2D eigenvalue weighted by Crippen LogP contribution is -2.20. The maximum absolute atomic E-state index is 10.5. The number of nitrogens with one attached hydrogen (secondary N) is 1. The first-order valence-electron chi connectivity index (χ1n) is 2.54. The summed E-state index contributed by atoms with van der Waals surface area (Å²) in [6, 6.07) is 0. The van der Waals surface area contributed by atoms with Crippen LogP contribution in [-0.4, -0.2) is 11.8 Å². The van der Waals surface area contributed by atoms with Crippen molar-refractivity contribution in [3.63, 3.8) is 0 Å². The van der Waals surface area contributed by atoms with Crippen molar-refractivity contribution in [3.8, 4) is 0 Å². The van der Waals surface area contributed by atoms with Crippen molar-refractivity contribution in [2.75, 3.05) is 0 Å². The SMILES string of the molecule is CC1CC(=O)NC1=O.Cl. The lowest BCUT2D eigenvalue weighted by Gasteiger charge is -1.88. The van der Waals surface area contributed by atoms with Gasteiger partial charge in [-0.1, -0.05) is 6.92 Å². The van der Waals surface area contributed by atoms with Gasteiger partial charge in [-0.25, -0.2) is 0 Å². The highest BCUT2D eigenvalue weighted by atomic mass is 35.5. The molecule has 1 rings (SSSR count). The largest absolute Gasteiger partial charge is 0.296 e. The van der Waals surface area contributed by atoms with Crippen molar-refractivity contribution < 1.29 is 9.59 Å². The quantitative estimate of drug-likeness (QED) is 0.497. The summed E-state index contributed by atoms with van der Waals surface area (Å²) >= 11 is 0. The molecule has 2 amide bonds. The van der Waals surface area contributed by atoms with Crippen LogP contribution in [0.4, 0.5) is 0 Å². The molecule has 0 saturated carbocycles. The van der Waals surface area contributed by atoms with Crippen molar-refractivity contribution in [1.29, 1.82) is 0 Å². The smallest absolute Gasteiger partial charge is 0.229 e. The molecule has 1 fully saturated rings. The molecule has 0 radical (unpaired) electrons. The average molecular weight is 150 g/mol. The van der Waals surface area contributed by atoms with E-state index >= 15 is 0 Å². The van der Waals surface area contributed by atoms with Crippen molar-refractivity contribution in [1.82, 2.24) is 5.32 Å². The van der Waals surface area contributed by atoms with Gasteiger partial charge in [-0.15, -0.1) is 12.4 Å². The molecule has 3 nitrogen and oxygen atoms in total. The van der Waals surface area contributed by atoms with Crippen molar-refractivity contribution in [2.24, 2.45) is 5.92 Å². The van der Waals surface area contributed by atoms with E-state index in [1.165, 1.54) is 0 Å². The fraction of sp³-hybridized carbons (Fsp3) is 0.600. The van der Waals surface area contributed by atoms with Crippen LogP contribution in [0.1, 0.15) is 13.3 Å². The van der Waals surface area contributed by atoms with Crippen molar-refractivity contribution in [2.45, 2.75) is 13.3 Å². The molecule has 9 heavy (non-hydrogen) atoms. The highest BCUT2D eigenvalue weighted by Crippen LogP contribution is 2.07. The van der Waals surface area contributed by atoms with E-state index < -0.39 is 0 Å². The minimum Gasteiger partial charge on any atom is -0.296 e. The maximum atomic E-state index is 10.5. The zero-order chi connectivity index (χ0) is 6.15. The van der Waals surface area contributed by atoms with E-state index in [9.17, 15) is 9.59 Å². The number of imide groups is 1. The Morgan fingerprint density at radius 1 is 1.56 bits per heavy atom. The summed E-state index contributed by atoms with van der Waals surface area (Å²) in [6.07, 6.45) is 0.360. The Morgan fingerprint density at radius 2 is 2.11 bits per heavy atom. The Kier molecular flexibility index (Phi) is 2.65. The van der Waals surface area contributed by atoms with Gasteiger partial charge < -0.3 is 0 Å². The summed E-state index contributed by atoms with van der Waals surface area (Å²) < 4.78 is 0. The van der Waals surface area contributed by atoms with Crippen molar-refractivity contribution >= 4 is 24.2 Å². The van der Waals surface area contributed by atoms with Crippen LogP contribution in [0.15, 0.2) is 0 Å². The Bertz CT molecular complexity index is 146. The molecule has 1 aliphatic rings. The van der Waals surface area contributed by atoms with E-state index in [0.717, 1.165) is 0 Å². The number of hydrogen-bond donors (Lipinski definition) is 1. The van der Waals surface area contributed by atoms with Gasteiger partial charge in [-0.05, 0) is 0 Å². The molecule has 52 valence electrons. The molecule has 1 saturated heterocycles. The summed E-state index contributed by atoms with van der Waals surface area (Å²) in [5.74, 6) is -0.403. The third-order valence-corrected chi connectivity index (χ3v) is 1.20. The van der Waals surface area contributed by atoms with Gasteiger partial charge in [-0.3, -0.25) is 14.9 Å². The van der Waals surface area contributed by atoms with E-state index in [1.54, 1.807) is 6.92 Å². The zero-order valence-electron chi connectivity index (χ0n) is 5.01. The molecule has 1 heterocycles. The van der Waals surface area contributed by atoms with Crippen LogP contribution in [0, 0.1) is 5.92 Å². The highest BCUT2D eigenvalue weighted by Gasteiger charge is 2.25. The topological polar surface area (TPSA) is 46.2 Å². The van der Waals surface area contributed by atoms with Crippen LogP contribution in [0.5, 0.6) is 0 Å². The summed E-state index contributed by atoms with van der Waals surface area (Å²) in [7, 11) is 0. The van der Waals surface area contributed by atoms with E-state index in [1.807, 2.05) is 0 Å². The van der Waals surface area contributed by atoms with Gasteiger partial charge in [0.05, 0.1) is 0 Å². The number of hydrogen-bond acceptors (Lipinski definition) is 2. The van der Waals surface area contributed by atoms with Crippen LogP contribution in [0.2, 0.25) is 0 Å². The van der Waals surface area contributed by atoms with Gasteiger partial charge in [0, 0.05) is 12.3 Å². The fourth-order valence-electron chi connectivity index (χ4n) is 0.682. The third kappa shape index (κ3) is 1.68. The minimum absolute atomic E-state index is 0. The summed E-state index contributed by atoms with van der Waals surface area (Å²) in [6.45, 7) is 1.74. The van der Waals surface area contributed by atoms with E-state index in [4.69, 9.17) is 0 Å². The fourth-order valence-corrected chi connectivity index (χ4v) is 0.682. The van der Waals surface area contributed by atoms with E-state index in [0.29, 0.717) is 6.42 Å². The second-order valence-electron chi connectivity index (χ2n) is 2.02. The lowest BCUT2D eigenvalue weighted by atomic mass is 10.1. The van der Waals surface area contributed by atoms with Gasteiger partial charge in [0.1, 0.15) is 0 Å². The summed E-state index contributed by atoms with van der Waals surface area (Å²) in [5.41, 5.74) is 0. The molecule has 1 unspecified atom stereocenters. The molecule has 1 N–H and O–H groups in total. The predicted molar refractivity (Wildman–Crippen MR) is 34.2 cm³/mol. The Balaban J connectivity index is 0.000000640. The maximum Gasteiger partial charge on any atom is 0.229 e. The number of carbonyl (C=O) groups is 2. The minimum atomic E-state index is -0.150. The molecule has 0 aromatic carbocycles. The van der Waals surface area contributed by atoms with E-state index in [-0.39, 0.29) is 30.1 Å². The first-order valence-corrected chi connectivity index (χ1v) is 2.54. The molecule has 0 bridgehead atoms. The summed E-state index contributed by atoms with van der Waals surface area (Å²) in [5, 5.41) is 2.19. The Labute approximate surface area is 59.2 Å². The third-order valence-electron chi connectivity index (χ3n) is 1.20. The first-order chi connectivity index (χ1) is 3.70. The second kappa shape index (κ2) is 2.82. The molecular formula is C5H8ClNO2. The number of rotatable bonds is 0. The highest BCUT2D eigenvalue weighted by molar-refractivity contribution is 6.03. The number of amides is 2. The van der Waals surface area contributed by atoms with Crippen molar-refractivity contribution in [3.05, 3.63) is 0 Å². The Hall–Kier alpha value is -0.570. The molecule has 0 aromatic rings. The van der Waals surface area contributed by atoms with Crippen LogP contribution in [-0.2, 0) is 9.59 Å². The molecule has 0 aliphatic carbocycles. The Morgan fingerprint density at radius 3 is 2.22 bits per heavy atom. The molecule has 1 atom stereocenters. The molecule has 0 aromatic heterocycles.